The van der Waals surface area contributed by atoms with Crippen molar-refractivity contribution in [1.29, 1.82) is 0 Å². The van der Waals surface area contributed by atoms with Crippen molar-refractivity contribution in [2.75, 3.05) is 5.32 Å². The maximum absolute atomic E-state index is 14.0. The molecule has 2 aromatic heterocycles. The fourth-order valence-electron chi connectivity index (χ4n) is 2.53. The number of carbonyl (C=O) groups is 1. The average Bonchev–Trinajstić information content (AvgIpc) is 3.34. The maximum atomic E-state index is 14.0. The standard InChI is InChI=1S/C17H17F2N3O2/c1-17(2,24)13-12(8-20-15(19)14(13)18)22-16(23)11-5-3-4-10(21-11)9-6-7-9/h3-5,8-9,24H,6-7H2,1-2H3,(H,22,23). The van der Waals surface area contributed by atoms with E-state index < -0.39 is 23.3 Å². The molecule has 0 saturated heterocycles. The number of nitrogens with one attached hydrogen (secondary N) is 1. The highest BCUT2D eigenvalue weighted by Crippen LogP contribution is 2.39. The molecule has 1 fully saturated rings. The summed E-state index contributed by atoms with van der Waals surface area (Å²) in [7, 11) is 0. The fourth-order valence-corrected chi connectivity index (χ4v) is 2.53. The Labute approximate surface area is 137 Å². The van der Waals surface area contributed by atoms with Crippen LogP contribution in [-0.2, 0) is 5.60 Å². The second-order valence-electron chi connectivity index (χ2n) is 6.39. The summed E-state index contributed by atoms with van der Waals surface area (Å²) in [5.41, 5.74) is -1.13. The lowest BCUT2D eigenvalue weighted by Gasteiger charge is -2.22. The van der Waals surface area contributed by atoms with Crippen LogP contribution in [0.2, 0.25) is 0 Å². The third kappa shape index (κ3) is 3.26. The van der Waals surface area contributed by atoms with Gasteiger partial charge in [0.15, 0.2) is 5.82 Å². The number of halogens is 2. The van der Waals surface area contributed by atoms with Crippen molar-refractivity contribution in [3.63, 3.8) is 0 Å². The van der Waals surface area contributed by atoms with E-state index in [1.165, 1.54) is 19.9 Å². The normalized spacial score (nSPS) is 14.5. The first-order chi connectivity index (χ1) is 11.3. The Morgan fingerprint density at radius 3 is 2.67 bits per heavy atom. The van der Waals surface area contributed by atoms with E-state index in [9.17, 15) is 18.7 Å². The lowest BCUT2D eigenvalue weighted by Crippen LogP contribution is -2.24. The van der Waals surface area contributed by atoms with Crippen LogP contribution >= 0.6 is 0 Å². The summed E-state index contributed by atoms with van der Waals surface area (Å²) in [5.74, 6) is -2.82. The maximum Gasteiger partial charge on any atom is 0.274 e. The van der Waals surface area contributed by atoms with Gasteiger partial charge in [0.25, 0.3) is 5.91 Å². The number of anilines is 1. The van der Waals surface area contributed by atoms with E-state index in [1.807, 2.05) is 6.07 Å². The van der Waals surface area contributed by atoms with Gasteiger partial charge < -0.3 is 10.4 Å². The predicted octanol–water partition coefficient (Wildman–Crippen LogP) is 3.11. The minimum Gasteiger partial charge on any atom is -0.386 e. The van der Waals surface area contributed by atoms with Crippen molar-refractivity contribution < 1.29 is 18.7 Å². The Kier molecular flexibility index (Phi) is 4.04. The van der Waals surface area contributed by atoms with Crippen LogP contribution in [0.4, 0.5) is 14.5 Å². The molecule has 5 nitrogen and oxygen atoms in total. The minimum absolute atomic E-state index is 0.0926. The number of pyridine rings is 2. The Morgan fingerprint density at radius 1 is 1.33 bits per heavy atom. The van der Waals surface area contributed by atoms with Crippen LogP contribution in [0.1, 0.15) is 54.4 Å². The summed E-state index contributed by atoms with van der Waals surface area (Å²) in [6.07, 6.45) is 3.08. The van der Waals surface area contributed by atoms with Crippen LogP contribution in [0, 0.1) is 11.8 Å². The summed E-state index contributed by atoms with van der Waals surface area (Å²) in [5, 5.41) is 12.5. The smallest absolute Gasteiger partial charge is 0.274 e. The van der Waals surface area contributed by atoms with Crippen LogP contribution in [0.25, 0.3) is 0 Å². The van der Waals surface area contributed by atoms with E-state index in [1.54, 1.807) is 6.07 Å². The molecule has 3 rings (SSSR count). The first kappa shape index (κ1) is 16.4. The Bertz CT molecular complexity index is 799. The van der Waals surface area contributed by atoms with Crippen LogP contribution in [-0.4, -0.2) is 21.0 Å². The van der Waals surface area contributed by atoms with Crippen LogP contribution in [0.5, 0.6) is 0 Å². The number of carbonyl (C=O) groups excluding carboxylic acids is 1. The van der Waals surface area contributed by atoms with Crippen LogP contribution in [0.15, 0.2) is 24.4 Å². The van der Waals surface area contributed by atoms with Gasteiger partial charge in [-0.2, -0.15) is 4.39 Å². The summed E-state index contributed by atoms with van der Waals surface area (Å²) < 4.78 is 27.4. The minimum atomic E-state index is -1.69. The molecular formula is C17H17F2N3O2. The molecule has 126 valence electrons. The van der Waals surface area contributed by atoms with Gasteiger partial charge in [-0.05, 0) is 38.8 Å². The Balaban J connectivity index is 1.92. The van der Waals surface area contributed by atoms with Gasteiger partial charge in [0, 0.05) is 17.2 Å². The van der Waals surface area contributed by atoms with E-state index >= 15 is 0 Å². The van der Waals surface area contributed by atoms with Crippen molar-refractivity contribution in [1.82, 2.24) is 9.97 Å². The first-order valence-electron chi connectivity index (χ1n) is 7.62. The molecule has 0 unspecified atom stereocenters. The van der Waals surface area contributed by atoms with Gasteiger partial charge in [0.05, 0.1) is 17.5 Å². The second kappa shape index (κ2) is 5.90. The van der Waals surface area contributed by atoms with Crippen molar-refractivity contribution in [2.45, 2.75) is 38.2 Å². The zero-order valence-corrected chi connectivity index (χ0v) is 13.3. The van der Waals surface area contributed by atoms with Gasteiger partial charge in [-0.25, -0.2) is 14.4 Å². The van der Waals surface area contributed by atoms with Crippen molar-refractivity contribution >= 4 is 11.6 Å². The second-order valence-corrected chi connectivity index (χ2v) is 6.39. The zero-order chi connectivity index (χ0) is 17.5. The third-order valence-electron chi connectivity index (χ3n) is 3.84. The number of amides is 1. The molecule has 1 saturated carbocycles. The number of aromatic nitrogens is 2. The SMILES string of the molecule is CC(C)(O)c1c(NC(=O)c2cccc(C3CC3)n2)cnc(F)c1F. The number of aliphatic hydroxyl groups is 1. The van der Waals surface area contributed by atoms with Gasteiger partial charge in [0.2, 0.25) is 5.95 Å². The Morgan fingerprint density at radius 2 is 2.04 bits per heavy atom. The van der Waals surface area contributed by atoms with Crippen molar-refractivity contribution in [3.8, 4) is 0 Å². The molecule has 1 amide bonds. The highest BCUT2D eigenvalue weighted by atomic mass is 19.2. The summed E-state index contributed by atoms with van der Waals surface area (Å²) in [6, 6.07) is 5.13. The quantitative estimate of drug-likeness (QED) is 0.843. The summed E-state index contributed by atoms with van der Waals surface area (Å²) >= 11 is 0. The molecule has 0 bridgehead atoms. The van der Waals surface area contributed by atoms with E-state index in [-0.39, 0.29) is 16.9 Å². The molecule has 1 aliphatic carbocycles. The molecular weight excluding hydrogens is 316 g/mol. The van der Waals surface area contributed by atoms with E-state index in [2.05, 4.69) is 15.3 Å². The predicted molar refractivity (Wildman–Crippen MR) is 83.6 cm³/mol. The molecule has 0 aliphatic heterocycles. The molecule has 0 atom stereocenters. The lowest BCUT2D eigenvalue weighted by molar-refractivity contribution is 0.0741. The van der Waals surface area contributed by atoms with E-state index in [4.69, 9.17) is 0 Å². The largest absolute Gasteiger partial charge is 0.386 e. The highest BCUT2D eigenvalue weighted by Gasteiger charge is 2.29. The molecule has 24 heavy (non-hydrogen) atoms. The van der Waals surface area contributed by atoms with Gasteiger partial charge in [0.1, 0.15) is 5.69 Å². The number of rotatable bonds is 4. The van der Waals surface area contributed by atoms with Crippen molar-refractivity contribution in [3.05, 3.63) is 53.1 Å². The summed E-state index contributed by atoms with van der Waals surface area (Å²) in [6.45, 7) is 2.60. The van der Waals surface area contributed by atoms with Gasteiger partial charge in [-0.1, -0.05) is 6.07 Å². The molecule has 0 radical (unpaired) electrons. The molecule has 0 aromatic carbocycles. The monoisotopic (exact) mass is 333 g/mol. The lowest BCUT2D eigenvalue weighted by atomic mass is 9.97. The van der Waals surface area contributed by atoms with E-state index in [0.717, 1.165) is 24.7 Å². The van der Waals surface area contributed by atoms with Gasteiger partial charge >= 0.3 is 0 Å². The Hall–Kier alpha value is -2.41. The number of nitrogens with zero attached hydrogens (tertiary/aromatic N) is 2. The van der Waals surface area contributed by atoms with Crippen LogP contribution < -0.4 is 5.32 Å². The summed E-state index contributed by atoms with van der Waals surface area (Å²) in [4.78, 5) is 20.0. The fraction of sp³-hybridized carbons (Fsp3) is 0.353. The van der Waals surface area contributed by atoms with Gasteiger partial charge in [-0.15, -0.1) is 0 Å². The highest BCUT2D eigenvalue weighted by molar-refractivity contribution is 6.03. The molecule has 0 spiro atoms. The zero-order valence-electron chi connectivity index (χ0n) is 13.3. The molecule has 1 aliphatic rings. The number of hydrogen-bond donors (Lipinski definition) is 2. The molecule has 2 aromatic rings. The van der Waals surface area contributed by atoms with Crippen LogP contribution in [0.3, 0.4) is 0 Å². The number of hydrogen-bond acceptors (Lipinski definition) is 4. The molecule has 2 N–H and O–H groups in total. The van der Waals surface area contributed by atoms with Gasteiger partial charge in [-0.3, -0.25) is 4.79 Å². The third-order valence-corrected chi connectivity index (χ3v) is 3.84. The molecule has 2 heterocycles. The molecule has 7 heteroatoms. The first-order valence-corrected chi connectivity index (χ1v) is 7.62. The topological polar surface area (TPSA) is 75.1 Å². The average molecular weight is 333 g/mol. The van der Waals surface area contributed by atoms with E-state index in [0.29, 0.717) is 5.92 Å². The van der Waals surface area contributed by atoms with Crippen molar-refractivity contribution in [2.24, 2.45) is 0 Å².